The minimum absolute atomic E-state index is 0.233. The van der Waals surface area contributed by atoms with E-state index in [1.54, 1.807) is 0 Å². The molecule has 0 aromatic heterocycles. The summed E-state index contributed by atoms with van der Waals surface area (Å²) >= 11 is 0. The van der Waals surface area contributed by atoms with Crippen molar-refractivity contribution in [1.82, 2.24) is 5.32 Å². The molecule has 21 heavy (non-hydrogen) atoms. The topological polar surface area (TPSA) is 30.5 Å². The van der Waals surface area contributed by atoms with Gasteiger partial charge >= 0.3 is 0 Å². The average Bonchev–Trinajstić information content (AvgIpc) is 2.46. The molecule has 120 valence electrons. The average molecular weight is 293 g/mol. The van der Waals surface area contributed by atoms with Crippen LogP contribution in [0.1, 0.15) is 47.0 Å². The minimum atomic E-state index is 0.233. The highest BCUT2D eigenvalue weighted by atomic mass is 16.5. The number of ether oxygens (including phenoxy) is 2. The Bertz CT molecular complexity index is 362. The molecule has 0 fully saturated rings. The quantitative estimate of drug-likeness (QED) is 0.661. The van der Waals surface area contributed by atoms with Crippen molar-refractivity contribution in [2.45, 2.75) is 53.1 Å². The Morgan fingerprint density at radius 2 is 1.62 bits per heavy atom. The van der Waals surface area contributed by atoms with Gasteiger partial charge in [-0.1, -0.05) is 34.1 Å². The molecule has 1 aromatic rings. The molecule has 3 heteroatoms. The zero-order valence-electron chi connectivity index (χ0n) is 14.0. The van der Waals surface area contributed by atoms with E-state index in [0.29, 0.717) is 5.92 Å². The predicted octanol–water partition coefficient (Wildman–Crippen LogP) is 4.27. The van der Waals surface area contributed by atoms with Crippen molar-refractivity contribution < 1.29 is 9.47 Å². The van der Waals surface area contributed by atoms with Gasteiger partial charge in [0.2, 0.25) is 0 Å². The molecule has 1 aromatic carbocycles. The number of hydrogen-bond acceptors (Lipinski definition) is 3. The summed E-state index contributed by atoms with van der Waals surface area (Å²) in [5.74, 6) is 2.50. The highest BCUT2D eigenvalue weighted by molar-refractivity contribution is 5.31. The summed E-state index contributed by atoms with van der Waals surface area (Å²) in [4.78, 5) is 0. The third kappa shape index (κ3) is 7.96. The Labute approximate surface area is 130 Å². The van der Waals surface area contributed by atoms with Crippen LogP contribution in [0.3, 0.4) is 0 Å². The van der Waals surface area contributed by atoms with Gasteiger partial charge in [0.25, 0.3) is 0 Å². The molecule has 3 nitrogen and oxygen atoms in total. The van der Waals surface area contributed by atoms with Crippen molar-refractivity contribution in [2.24, 2.45) is 5.92 Å². The molecule has 1 unspecified atom stereocenters. The predicted molar refractivity (Wildman–Crippen MR) is 89.3 cm³/mol. The smallest absolute Gasteiger partial charge is 0.120 e. The van der Waals surface area contributed by atoms with Crippen LogP contribution >= 0.6 is 0 Å². The van der Waals surface area contributed by atoms with Crippen molar-refractivity contribution in [3.8, 4) is 11.5 Å². The summed E-state index contributed by atoms with van der Waals surface area (Å²) in [7, 11) is 0. The van der Waals surface area contributed by atoms with E-state index in [1.165, 1.54) is 0 Å². The molecule has 0 aliphatic carbocycles. The third-order valence-corrected chi connectivity index (χ3v) is 3.13. The van der Waals surface area contributed by atoms with Gasteiger partial charge in [-0.05, 0) is 49.6 Å². The van der Waals surface area contributed by atoms with E-state index in [2.05, 4.69) is 33.0 Å². The van der Waals surface area contributed by atoms with Crippen LogP contribution < -0.4 is 14.8 Å². The van der Waals surface area contributed by atoms with Crippen LogP contribution in [-0.2, 0) is 0 Å². The van der Waals surface area contributed by atoms with Gasteiger partial charge in [0.1, 0.15) is 17.6 Å². The molecule has 0 radical (unpaired) electrons. The third-order valence-electron chi connectivity index (χ3n) is 3.13. The fraction of sp³-hybridized carbons (Fsp3) is 0.667. The molecule has 0 saturated heterocycles. The Balaban J connectivity index is 2.45. The summed E-state index contributed by atoms with van der Waals surface area (Å²) in [6.07, 6.45) is 3.46. The minimum Gasteiger partial charge on any atom is -0.494 e. The molecule has 1 N–H and O–H groups in total. The van der Waals surface area contributed by atoms with E-state index in [1.807, 2.05) is 24.3 Å². The fourth-order valence-corrected chi connectivity index (χ4v) is 2.08. The molecule has 0 aliphatic rings. The molecular formula is C18H31NO2. The standard InChI is InChI=1S/C18H31NO2/c1-5-7-18(14-19-13-15(3)4)21-17-10-8-16(9-11-17)20-12-6-2/h8-11,15,18-19H,5-7,12-14H2,1-4H3. The van der Waals surface area contributed by atoms with Crippen LogP contribution in [0.25, 0.3) is 0 Å². The van der Waals surface area contributed by atoms with Crippen LogP contribution in [0.15, 0.2) is 24.3 Å². The molecule has 0 amide bonds. The van der Waals surface area contributed by atoms with Crippen LogP contribution in [0, 0.1) is 5.92 Å². The SMILES string of the molecule is CCCOc1ccc(OC(CCC)CNCC(C)C)cc1. The van der Waals surface area contributed by atoms with Crippen LogP contribution in [-0.4, -0.2) is 25.8 Å². The van der Waals surface area contributed by atoms with Crippen LogP contribution in [0.2, 0.25) is 0 Å². The molecule has 1 atom stereocenters. The monoisotopic (exact) mass is 293 g/mol. The van der Waals surface area contributed by atoms with Gasteiger partial charge in [-0.25, -0.2) is 0 Å². The summed E-state index contributed by atoms with van der Waals surface area (Å²) in [6, 6.07) is 7.96. The first-order valence-corrected chi connectivity index (χ1v) is 8.25. The Morgan fingerprint density at radius 1 is 0.952 bits per heavy atom. The summed E-state index contributed by atoms with van der Waals surface area (Å²) in [5.41, 5.74) is 0. The molecule has 0 aliphatic heterocycles. The van der Waals surface area contributed by atoms with Gasteiger partial charge in [-0.2, -0.15) is 0 Å². The molecule has 0 bridgehead atoms. The van der Waals surface area contributed by atoms with E-state index >= 15 is 0 Å². The van der Waals surface area contributed by atoms with Crippen molar-refractivity contribution in [1.29, 1.82) is 0 Å². The fourth-order valence-electron chi connectivity index (χ4n) is 2.08. The highest BCUT2D eigenvalue weighted by Crippen LogP contribution is 2.19. The Hall–Kier alpha value is -1.22. The lowest BCUT2D eigenvalue weighted by Crippen LogP contribution is -2.33. The van der Waals surface area contributed by atoms with Crippen molar-refractivity contribution in [2.75, 3.05) is 19.7 Å². The number of rotatable bonds is 11. The maximum Gasteiger partial charge on any atom is 0.120 e. The van der Waals surface area contributed by atoms with Crippen molar-refractivity contribution in [3.63, 3.8) is 0 Å². The second-order valence-corrected chi connectivity index (χ2v) is 5.90. The summed E-state index contributed by atoms with van der Waals surface area (Å²) < 4.78 is 11.7. The lowest BCUT2D eigenvalue weighted by atomic mass is 10.2. The lowest BCUT2D eigenvalue weighted by Gasteiger charge is -2.20. The lowest BCUT2D eigenvalue weighted by molar-refractivity contribution is 0.185. The Morgan fingerprint density at radius 3 is 2.19 bits per heavy atom. The van der Waals surface area contributed by atoms with E-state index in [9.17, 15) is 0 Å². The van der Waals surface area contributed by atoms with Gasteiger partial charge in [0.05, 0.1) is 6.61 Å². The Kier molecular flexibility index (Phi) is 8.91. The highest BCUT2D eigenvalue weighted by Gasteiger charge is 2.09. The second-order valence-electron chi connectivity index (χ2n) is 5.90. The summed E-state index contributed by atoms with van der Waals surface area (Å²) in [5, 5.41) is 3.48. The van der Waals surface area contributed by atoms with Crippen LogP contribution in [0.4, 0.5) is 0 Å². The first-order chi connectivity index (χ1) is 10.2. The molecule has 0 spiro atoms. The molecule has 0 heterocycles. The number of hydrogen-bond donors (Lipinski definition) is 1. The zero-order chi connectivity index (χ0) is 15.5. The van der Waals surface area contributed by atoms with E-state index in [4.69, 9.17) is 9.47 Å². The normalized spacial score (nSPS) is 12.4. The summed E-state index contributed by atoms with van der Waals surface area (Å²) in [6.45, 7) is 11.4. The van der Waals surface area contributed by atoms with Gasteiger partial charge < -0.3 is 14.8 Å². The van der Waals surface area contributed by atoms with E-state index in [-0.39, 0.29) is 6.10 Å². The van der Waals surface area contributed by atoms with E-state index in [0.717, 1.165) is 50.5 Å². The first-order valence-electron chi connectivity index (χ1n) is 8.25. The molecule has 0 saturated carbocycles. The largest absolute Gasteiger partial charge is 0.494 e. The second kappa shape index (κ2) is 10.5. The van der Waals surface area contributed by atoms with Gasteiger partial charge in [0.15, 0.2) is 0 Å². The van der Waals surface area contributed by atoms with Crippen molar-refractivity contribution >= 4 is 0 Å². The van der Waals surface area contributed by atoms with Gasteiger partial charge in [-0.3, -0.25) is 0 Å². The number of benzene rings is 1. The maximum absolute atomic E-state index is 6.08. The number of nitrogens with one attached hydrogen (secondary N) is 1. The first kappa shape index (κ1) is 17.8. The van der Waals surface area contributed by atoms with Gasteiger partial charge in [0, 0.05) is 6.54 Å². The van der Waals surface area contributed by atoms with Crippen LogP contribution in [0.5, 0.6) is 11.5 Å². The molecule has 1 rings (SSSR count). The zero-order valence-corrected chi connectivity index (χ0v) is 14.0. The van der Waals surface area contributed by atoms with Gasteiger partial charge in [-0.15, -0.1) is 0 Å². The van der Waals surface area contributed by atoms with E-state index < -0.39 is 0 Å². The maximum atomic E-state index is 6.08. The van der Waals surface area contributed by atoms with Crippen molar-refractivity contribution in [3.05, 3.63) is 24.3 Å². The molecular weight excluding hydrogens is 262 g/mol.